The second-order valence-electron chi connectivity index (χ2n) is 16.0. The normalized spacial score (nSPS) is 21.0. The number of fused-ring (bicyclic) bond motifs is 2. The first-order valence-corrected chi connectivity index (χ1v) is 25.2. The standard InChI is InChI=1S/C23H26N4O5S.C16H18BrN3O3S.C7H9NO2/c1-4-32-21(28)20-18-15-26(33(3)31)12-9-19(18)27(24-20)17-7-5-6-16(14-17)8-10-23(30)11-13-25(2)22(23)29;1-3-23-16(21)15-13-10-19(24(2)22)8-7-14(13)20(18-15)12-6-4-5-11(17)9-12;1-3-7(10)4-5-8(2)6(7)9/h5-7,14,30H,4,9,11-13,15H2,1-3H3;4-6,9H,3,7-8,10H2,1-2H3;1,10H,4-5H2,2H3/t23-,33?;;7-/m0.0/s1. The number of benzene rings is 2. The van der Waals surface area contributed by atoms with Gasteiger partial charge in [-0.2, -0.15) is 10.2 Å². The van der Waals surface area contributed by atoms with Crippen molar-refractivity contribution in [3.8, 4) is 35.6 Å². The summed E-state index contributed by atoms with van der Waals surface area (Å²) in [5.41, 5.74) is 2.85. The number of carbonyl (C=O) groups is 4. The zero-order valence-corrected chi connectivity index (χ0v) is 41.3. The van der Waals surface area contributed by atoms with Crippen molar-refractivity contribution < 1.29 is 47.3 Å². The van der Waals surface area contributed by atoms with Crippen molar-refractivity contribution in [1.29, 1.82) is 0 Å². The lowest BCUT2D eigenvalue weighted by atomic mass is 10.0. The minimum absolute atomic E-state index is 0.215. The van der Waals surface area contributed by atoms with E-state index in [1.807, 2.05) is 34.6 Å². The van der Waals surface area contributed by atoms with E-state index >= 15 is 0 Å². The number of rotatable bonds is 8. The maximum atomic E-state index is 12.6. The third kappa shape index (κ3) is 11.3. The molecule has 2 saturated heterocycles. The fraction of sp³-hybridized carbons (Fsp3) is 0.435. The molecule has 4 aliphatic rings. The van der Waals surface area contributed by atoms with Crippen LogP contribution in [0.2, 0.25) is 0 Å². The van der Waals surface area contributed by atoms with Crippen LogP contribution in [0.1, 0.15) is 75.7 Å². The van der Waals surface area contributed by atoms with Crippen molar-refractivity contribution in [3.05, 3.63) is 92.5 Å². The lowest BCUT2D eigenvalue weighted by molar-refractivity contribution is -0.138. The quantitative estimate of drug-likeness (QED) is 0.193. The molecule has 0 aliphatic carbocycles. The van der Waals surface area contributed by atoms with Crippen LogP contribution in [0, 0.1) is 24.2 Å². The third-order valence-electron chi connectivity index (χ3n) is 11.5. The number of nitrogens with zero attached hydrogens (tertiary/aromatic N) is 8. The molecule has 18 nitrogen and oxygen atoms in total. The summed E-state index contributed by atoms with van der Waals surface area (Å²) in [6.45, 7) is 7.03. The van der Waals surface area contributed by atoms with Crippen molar-refractivity contribution >= 4 is 61.7 Å². The first-order valence-electron chi connectivity index (χ1n) is 21.4. The third-order valence-corrected chi connectivity index (χ3v) is 14.1. The van der Waals surface area contributed by atoms with E-state index in [9.17, 15) is 37.8 Å². The summed E-state index contributed by atoms with van der Waals surface area (Å²) in [4.78, 5) is 50.9. The van der Waals surface area contributed by atoms with Crippen LogP contribution in [-0.2, 0) is 67.0 Å². The molecule has 67 heavy (non-hydrogen) atoms. The van der Waals surface area contributed by atoms with Crippen LogP contribution >= 0.6 is 15.9 Å². The Morgan fingerprint density at radius 1 is 0.761 bits per heavy atom. The van der Waals surface area contributed by atoms with E-state index in [4.69, 9.17) is 15.9 Å². The van der Waals surface area contributed by atoms with Gasteiger partial charge in [-0.05, 0) is 50.2 Å². The van der Waals surface area contributed by atoms with Gasteiger partial charge in [0.1, 0.15) is 0 Å². The number of hydrogen-bond donors (Lipinski definition) is 2. The highest BCUT2D eigenvalue weighted by Crippen LogP contribution is 2.29. The maximum Gasteiger partial charge on any atom is 0.359 e. The second-order valence-corrected chi connectivity index (χ2v) is 19.6. The molecule has 4 aliphatic heterocycles. The van der Waals surface area contributed by atoms with Crippen LogP contribution in [0.3, 0.4) is 0 Å². The molecule has 21 heteroatoms. The fourth-order valence-electron chi connectivity index (χ4n) is 7.84. The summed E-state index contributed by atoms with van der Waals surface area (Å²) in [5, 5.41) is 28.9. The van der Waals surface area contributed by atoms with Crippen LogP contribution in [0.4, 0.5) is 0 Å². The Morgan fingerprint density at radius 3 is 1.63 bits per heavy atom. The zero-order chi connectivity index (χ0) is 48.8. The smallest absolute Gasteiger partial charge is 0.359 e. The van der Waals surface area contributed by atoms with Gasteiger partial charge in [-0.25, -0.2) is 36.0 Å². The molecule has 2 aromatic heterocycles. The van der Waals surface area contributed by atoms with Gasteiger partial charge in [0.05, 0.1) is 57.9 Å². The number of hydrogen-bond acceptors (Lipinski definition) is 12. The summed E-state index contributed by atoms with van der Waals surface area (Å²) in [6.07, 6.45) is 10.1. The van der Waals surface area contributed by atoms with Gasteiger partial charge in [0.15, 0.2) is 11.4 Å². The SMILES string of the molecule is C#C[C@]1(O)CCN(C)C1=O.CCOC(=O)c1nn(-c2cccc(Br)c2)c2c1CN(S(C)=O)CC2.CCOC(=O)c1nn(-c2cccc(C#C[C@]3(O)CCN(C)C3=O)c2)c2c1CN(S(C)=O)CC2. The number of terminal acetylenes is 1. The van der Waals surface area contributed by atoms with Crippen LogP contribution in [0.5, 0.6) is 0 Å². The Balaban J connectivity index is 0.000000189. The largest absolute Gasteiger partial charge is 0.461 e. The molecule has 0 saturated carbocycles. The summed E-state index contributed by atoms with van der Waals surface area (Å²) in [6, 6.07) is 15.0. The molecule has 4 aromatic rings. The highest BCUT2D eigenvalue weighted by Gasteiger charge is 2.43. The summed E-state index contributed by atoms with van der Waals surface area (Å²) >= 11 is 3.46. The number of carbonyl (C=O) groups excluding carboxylic acids is 4. The van der Waals surface area contributed by atoms with Crippen LogP contribution in [-0.4, -0.2) is 158 Å². The van der Waals surface area contributed by atoms with E-state index in [-0.39, 0.29) is 24.6 Å². The Hall–Kier alpha value is -5.52. The molecular weight excluding hydrogens is 969 g/mol. The summed E-state index contributed by atoms with van der Waals surface area (Å²) in [5.74, 6) is 6.00. The minimum Gasteiger partial charge on any atom is -0.461 e. The van der Waals surface area contributed by atoms with E-state index in [1.54, 1.807) is 72.3 Å². The number of halogens is 1. The molecule has 0 spiro atoms. The molecule has 2 fully saturated rings. The Bertz CT molecular complexity index is 2720. The summed E-state index contributed by atoms with van der Waals surface area (Å²) in [7, 11) is 1.01. The van der Waals surface area contributed by atoms with Gasteiger partial charge < -0.3 is 29.5 Å². The van der Waals surface area contributed by atoms with Gasteiger partial charge in [0.2, 0.25) is 11.2 Å². The minimum atomic E-state index is -1.67. The summed E-state index contributed by atoms with van der Waals surface area (Å²) < 4.78 is 42.2. The van der Waals surface area contributed by atoms with E-state index in [1.165, 1.54) is 9.80 Å². The van der Waals surface area contributed by atoms with E-state index < -0.39 is 51.0 Å². The highest BCUT2D eigenvalue weighted by molar-refractivity contribution is 9.10. The van der Waals surface area contributed by atoms with E-state index in [0.29, 0.717) is 87.6 Å². The van der Waals surface area contributed by atoms with Gasteiger partial charge in [0.25, 0.3) is 11.8 Å². The number of likely N-dealkylation sites (tertiary alicyclic amines) is 2. The second kappa shape index (κ2) is 21.6. The van der Waals surface area contributed by atoms with Crippen LogP contribution in [0.25, 0.3) is 11.4 Å². The average molecular weight is 1020 g/mol. The van der Waals surface area contributed by atoms with Crippen LogP contribution in [0.15, 0.2) is 53.0 Å². The topological polar surface area (TPSA) is 210 Å². The lowest BCUT2D eigenvalue weighted by Gasteiger charge is -2.25. The molecule has 6 heterocycles. The molecule has 2 unspecified atom stereocenters. The Kier molecular flexibility index (Phi) is 16.4. The molecule has 0 bridgehead atoms. The molecule has 356 valence electrons. The predicted molar refractivity (Wildman–Crippen MR) is 253 cm³/mol. The number of likely N-dealkylation sites (N-methyl/N-ethyl adjacent to an activating group) is 2. The lowest BCUT2D eigenvalue weighted by Crippen LogP contribution is -2.37. The van der Waals surface area contributed by atoms with Gasteiger partial charge in [-0.15, -0.1) is 6.42 Å². The van der Waals surface area contributed by atoms with E-state index in [0.717, 1.165) is 27.1 Å². The molecular formula is C46H53BrN8O10S2. The van der Waals surface area contributed by atoms with Crippen molar-refractivity contribution in [3.63, 3.8) is 0 Å². The first kappa shape index (κ1) is 50.9. The van der Waals surface area contributed by atoms with Crippen molar-refractivity contribution in [1.82, 2.24) is 38.0 Å². The molecule has 2 aromatic carbocycles. The van der Waals surface area contributed by atoms with Crippen molar-refractivity contribution in [2.45, 2.75) is 63.8 Å². The Labute approximate surface area is 402 Å². The number of ether oxygens (including phenoxy) is 2. The molecule has 2 amide bonds. The van der Waals surface area contributed by atoms with Gasteiger partial charge in [-0.3, -0.25) is 9.59 Å². The van der Waals surface area contributed by atoms with Gasteiger partial charge >= 0.3 is 11.9 Å². The van der Waals surface area contributed by atoms with E-state index in [2.05, 4.69) is 43.9 Å². The molecule has 0 radical (unpaired) electrons. The number of esters is 2. The Morgan fingerprint density at radius 2 is 1.22 bits per heavy atom. The fourth-order valence-corrected chi connectivity index (χ4v) is 9.54. The number of aliphatic hydroxyl groups is 2. The predicted octanol–water partition coefficient (Wildman–Crippen LogP) is 2.32. The average Bonchev–Trinajstić information content (AvgIpc) is 4.04. The first-order chi connectivity index (χ1) is 31.8. The maximum absolute atomic E-state index is 12.6. The van der Waals surface area contributed by atoms with Gasteiger partial charge in [0, 0.05) is 113 Å². The number of amides is 2. The van der Waals surface area contributed by atoms with Gasteiger partial charge in [-0.1, -0.05) is 45.8 Å². The highest BCUT2D eigenvalue weighted by atomic mass is 79.9. The van der Waals surface area contributed by atoms with Crippen molar-refractivity contribution in [2.24, 2.45) is 0 Å². The molecule has 4 atom stereocenters. The van der Waals surface area contributed by atoms with Crippen molar-refractivity contribution in [2.75, 3.05) is 66.0 Å². The number of aromatic nitrogens is 4. The molecule has 8 rings (SSSR count). The zero-order valence-electron chi connectivity index (χ0n) is 38.1. The monoisotopic (exact) mass is 1020 g/mol. The van der Waals surface area contributed by atoms with Crippen LogP contribution < -0.4 is 0 Å². The molecule has 2 N–H and O–H groups in total.